The van der Waals surface area contributed by atoms with Gasteiger partial charge in [0.25, 0.3) is 5.69 Å². The molecular formula is C21H17N3O3. The molecule has 0 spiro atoms. The van der Waals surface area contributed by atoms with Gasteiger partial charge in [-0.15, -0.1) is 0 Å². The highest BCUT2D eigenvalue weighted by molar-refractivity contribution is 5.90. The van der Waals surface area contributed by atoms with Crippen LogP contribution in [0, 0.1) is 35.3 Å². The van der Waals surface area contributed by atoms with Crippen LogP contribution < -0.4 is 0 Å². The number of nitro benzene ring substituents is 1. The number of nitriles is 1. The van der Waals surface area contributed by atoms with E-state index in [4.69, 9.17) is 0 Å². The summed E-state index contributed by atoms with van der Waals surface area (Å²) < 4.78 is 2.04. The largest absolute Gasteiger partial charge is 0.508 e. The molecule has 27 heavy (non-hydrogen) atoms. The number of nitrogens with zero attached hydrogens (tertiary/aromatic N) is 3. The van der Waals surface area contributed by atoms with E-state index in [2.05, 4.69) is 6.07 Å². The topological polar surface area (TPSA) is 92.1 Å². The van der Waals surface area contributed by atoms with E-state index < -0.39 is 4.92 Å². The summed E-state index contributed by atoms with van der Waals surface area (Å²) in [5, 5.41) is 29.8. The normalized spacial score (nSPS) is 11.2. The Morgan fingerprint density at radius 1 is 1.15 bits per heavy atom. The zero-order valence-corrected chi connectivity index (χ0v) is 14.9. The molecule has 0 amide bonds. The van der Waals surface area contributed by atoms with Gasteiger partial charge in [-0.1, -0.05) is 0 Å². The second-order valence-corrected chi connectivity index (χ2v) is 6.15. The second kappa shape index (κ2) is 7.18. The molecule has 0 saturated heterocycles. The lowest BCUT2D eigenvalue weighted by Gasteiger charge is -2.09. The third-order valence-electron chi connectivity index (χ3n) is 4.39. The van der Waals surface area contributed by atoms with Crippen LogP contribution in [-0.2, 0) is 0 Å². The Hall–Kier alpha value is -3.85. The lowest BCUT2D eigenvalue weighted by molar-refractivity contribution is -0.384. The molecule has 1 aromatic heterocycles. The van der Waals surface area contributed by atoms with Crippen molar-refractivity contribution in [1.29, 1.82) is 5.26 Å². The highest BCUT2D eigenvalue weighted by Gasteiger charge is 2.12. The third kappa shape index (κ3) is 3.58. The summed E-state index contributed by atoms with van der Waals surface area (Å²) in [4.78, 5) is 10.3. The molecule has 0 aliphatic carbocycles. The standard InChI is InChI=1S/C21H17N3O3/c1-14-11-17(15(2)23(14)19-7-9-21(25)10-8-19)12-18(13-22)16-3-5-20(6-4-16)24(26)27/h3-12,25H,1-2H3/b18-12-. The Labute approximate surface area is 156 Å². The molecule has 1 heterocycles. The molecule has 3 aromatic rings. The van der Waals surface area contributed by atoms with Crippen molar-refractivity contribution >= 4 is 17.3 Å². The summed E-state index contributed by atoms with van der Waals surface area (Å²) in [6.07, 6.45) is 1.78. The van der Waals surface area contributed by atoms with E-state index in [0.29, 0.717) is 11.1 Å². The maximum Gasteiger partial charge on any atom is 0.269 e. The number of rotatable bonds is 4. The lowest BCUT2D eigenvalue weighted by Crippen LogP contribution is -1.98. The summed E-state index contributed by atoms with van der Waals surface area (Å²) in [7, 11) is 0. The van der Waals surface area contributed by atoms with E-state index in [1.807, 2.05) is 36.6 Å². The number of aromatic nitrogens is 1. The summed E-state index contributed by atoms with van der Waals surface area (Å²) in [5.74, 6) is 0.200. The van der Waals surface area contributed by atoms with Gasteiger partial charge in [0.2, 0.25) is 0 Å². The monoisotopic (exact) mass is 359 g/mol. The van der Waals surface area contributed by atoms with Crippen LogP contribution in [0.15, 0.2) is 54.6 Å². The van der Waals surface area contributed by atoms with Crippen molar-refractivity contribution in [2.45, 2.75) is 13.8 Å². The van der Waals surface area contributed by atoms with E-state index in [1.165, 1.54) is 12.1 Å². The van der Waals surface area contributed by atoms with Crippen LogP contribution in [0.4, 0.5) is 5.69 Å². The van der Waals surface area contributed by atoms with Crippen molar-refractivity contribution in [3.8, 4) is 17.5 Å². The van der Waals surface area contributed by atoms with Crippen LogP contribution in [0.5, 0.6) is 5.75 Å². The van der Waals surface area contributed by atoms with Crippen molar-refractivity contribution < 1.29 is 10.0 Å². The fourth-order valence-corrected chi connectivity index (χ4v) is 3.03. The molecule has 0 radical (unpaired) electrons. The molecule has 0 atom stereocenters. The molecule has 2 aromatic carbocycles. The van der Waals surface area contributed by atoms with Crippen molar-refractivity contribution in [3.63, 3.8) is 0 Å². The molecule has 0 fully saturated rings. The summed E-state index contributed by atoms with van der Waals surface area (Å²) in [5.41, 5.74) is 4.78. The van der Waals surface area contributed by atoms with E-state index in [-0.39, 0.29) is 11.4 Å². The zero-order chi connectivity index (χ0) is 19.6. The SMILES string of the molecule is Cc1cc(/C=C(/C#N)c2ccc([N+](=O)[O-])cc2)c(C)n1-c1ccc(O)cc1. The average Bonchev–Trinajstić information content (AvgIpc) is 2.94. The van der Waals surface area contributed by atoms with Crippen LogP contribution in [0.1, 0.15) is 22.5 Å². The van der Waals surface area contributed by atoms with Crippen LogP contribution in [0.2, 0.25) is 0 Å². The Morgan fingerprint density at radius 2 is 1.78 bits per heavy atom. The van der Waals surface area contributed by atoms with Gasteiger partial charge >= 0.3 is 0 Å². The fourth-order valence-electron chi connectivity index (χ4n) is 3.03. The van der Waals surface area contributed by atoms with Gasteiger partial charge in [-0.05, 0) is 73.5 Å². The molecule has 0 bridgehead atoms. The molecule has 6 heteroatoms. The number of non-ortho nitro benzene ring substituents is 1. The number of nitro groups is 1. The molecule has 0 aliphatic heterocycles. The molecule has 3 rings (SSSR count). The molecule has 0 saturated carbocycles. The Bertz CT molecular complexity index is 1070. The van der Waals surface area contributed by atoms with Crippen LogP contribution in [0.25, 0.3) is 17.3 Å². The van der Waals surface area contributed by atoms with Crippen LogP contribution in [-0.4, -0.2) is 14.6 Å². The third-order valence-corrected chi connectivity index (χ3v) is 4.39. The minimum atomic E-state index is -0.467. The number of phenolic OH excluding ortho intramolecular Hbond substituents is 1. The highest BCUT2D eigenvalue weighted by Crippen LogP contribution is 2.26. The maximum atomic E-state index is 10.8. The summed E-state index contributed by atoms with van der Waals surface area (Å²) >= 11 is 0. The predicted octanol–water partition coefficient (Wildman–Crippen LogP) is 4.77. The van der Waals surface area contributed by atoms with Gasteiger partial charge in [0.15, 0.2) is 0 Å². The first-order valence-corrected chi connectivity index (χ1v) is 8.25. The molecule has 0 unspecified atom stereocenters. The van der Waals surface area contributed by atoms with Crippen molar-refractivity contribution in [3.05, 3.63) is 87.2 Å². The first-order valence-electron chi connectivity index (χ1n) is 8.25. The highest BCUT2D eigenvalue weighted by atomic mass is 16.6. The van der Waals surface area contributed by atoms with Gasteiger partial charge in [0, 0.05) is 29.2 Å². The number of hydrogen-bond acceptors (Lipinski definition) is 4. The Morgan fingerprint density at radius 3 is 2.33 bits per heavy atom. The molecule has 134 valence electrons. The first-order chi connectivity index (χ1) is 12.9. The predicted molar refractivity (Wildman–Crippen MR) is 103 cm³/mol. The van der Waals surface area contributed by atoms with Crippen molar-refractivity contribution in [2.75, 3.05) is 0 Å². The molecule has 6 nitrogen and oxygen atoms in total. The van der Waals surface area contributed by atoms with E-state index in [0.717, 1.165) is 22.6 Å². The van der Waals surface area contributed by atoms with Gasteiger partial charge in [0.05, 0.1) is 16.6 Å². The fraction of sp³-hybridized carbons (Fsp3) is 0.0952. The summed E-state index contributed by atoms with van der Waals surface area (Å²) in [6.45, 7) is 3.92. The van der Waals surface area contributed by atoms with E-state index in [1.54, 1.807) is 30.3 Å². The molecular weight excluding hydrogens is 342 g/mol. The second-order valence-electron chi connectivity index (χ2n) is 6.15. The zero-order valence-electron chi connectivity index (χ0n) is 14.9. The number of aryl methyl sites for hydroxylation is 1. The minimum Gasteiger partial charge on any atom is -0.508 e. The van der Waals surface area contributed by atoms with Gasteiger partial charge in [0.1, 0.15) is 5.75 Å². The van der Waals surface area contributed by atoms with Gasteiger partial charge in [-0.3, -0.25) is 10.1 Å². The minimum absolute atomic E-state index is 0.0125. The number of allylic oxidation sites excluding steroid dienone is 1. The number of benzene rings is 2. The van der Waals surface area contributed by atoms with E-state index in [9.17, 15) is 20.5 Å². The average molecular weight is 359 g/mol. The quantitative estimate of drug-likeness (QED) is 0.412. The van der Waals surface area contributed by atoms with Crippen LogP contribution in [0.3, 0.4) is 0 Å². The Balaban J connectivity index is 2.03. The van der Waals surface area contributed by atoms with Crippen molar-refractivity contribution in [1.82, 2.24) is 4.57 Å². The number of phenols is 1. The maximum absolute atomic E-state index is 10.8. The van der Waals surface area contributed by atoms with E-state index >= 15 is 0 Å². The molecule has 0 aliphatic rings. The van der Waals surface area contributed by atoms with Crippen molar-refractivity contribution in [2.24, 2.45) is 0 Å². The van der Waals surface area contributed by atoms with Gasteiger partial charge in [-0.25, -0.2) is 0 Å². The number of aromatic hydroxyl groups is 1. The molecule has 1 N–H and O–H groups in total. The first kappa shape index (κ1) is 18.0. The van der Waals surface area contributed by atoms with Gasteiger partial charge < -0.3 is 9.67 Å². The lowest BCUT2D eigenvalue weighted by atomic mass is 10.0. The number of hydrogen-bond donors (Lipinski definition) is 1. The smallest absolute Gasteiger partial charge is 0.269 e. The van der Waals surface area contributed by atoms with Crippen LogP contribution >= 0.6 is 0 Å². The van der Waals surface area contributed by atoms with Gasteiger partial charge in [-0.2, -0.15) is 5.26 Å². The summed E-state index contributed by atoms with van der Waals surface area (Å²) in [6, 6.07) is 17.0. The Kier molecular flexibility index (Phi) is 4.77.